The number of benzene rings is 6. The second kappa shape index (κ2) is 27.0. The van der Waals surface area contributed by atoms with Crippen molar-refractivity contribution in [2.24, 2.45) is 5.73 Å². The van der Waals surface area contributed by atoms with E-state index in [0.29, 0.717) is 90.7 Å². The molecular weight excluding hydrogens is 1060 g/mol. The number of rotatable bonds is 7. The molecule has 4 aliphatic heterocycles. The Hall–Kier alpha value is -11.3. The monoisotopic (exact) mass is 1110 g/mol. The molecule has 0 spiro atoms. The number of nitrogens with two attached hydrogens (primary N) is 1. The molecule has 6 aromatic carbocycles. The zero-order valence-corrected chi connectivity index (χ0v) is 44.5. The molecule has 19 nitrogen and oxygen atoms in total. The molecule has 8 aromatic rings. The van der Waals surface area contributed by atoms with Crippen LogP contribution in [-0.2, 0) is 0 Å². The van der Waals surface area contributed by atoms with Crippen molar-refractivity contribution in [3.63, 3.8) is 0 Å². The van der Waals surface area contributed by atoms with Crippen LogP contribution in [-0.4, -0.2) is 71.2 Å². The maximum atomic E-state index is 12.2. The van der Waals surface area contributed by atoms with Gasteiger partial charge in [-0.05, 0) is 147 Å². The van der Waals surface area contributed by atoms with E-state index in [4.69, 9.17) is 50.3 Å². The Bertz CT molecular complexity index is 3960. The average Bonchev–Trinajstić information content (AvgIpc) is 3.07. The van der Waals surface area contributed by atoms with Crippen molar-refractivity contribution in [2.45, 2.75) is 28.2 Å². The quantitative estimate of drug-likeness (QED) is 0.0247. The summed E-state index contributed by atoms with van der Waals surface area (Å²) in [5.41, 5.74) is 14.5. The van der Waals surface area contributed by atoms with Gasteiger partial charge in [0.1, 0.15) is 12.1 Å². The molecule has 6 N–H and O–H groups in total. The van der Waals surface area contributed by atoms with Gasteiger partial charge in [0.15, 0.2) is 74.8 Å². The number of carbonyl (C=O) groups excluding carboxylic acids is 1. The fourth-order valence-electron chi connectivity index (χ4n) is 8.31. The van der Waals surface area contributed by atoms with E-state index < -0.39 is 0 Å². The minimum absolute atomic E-state index is 0. The lowest BCUT2D eigenvalue weighted by Gasteiger charge is -2.11. The van der Waals surface area contributed by atoms with Crippen LogP contribution in [0.4, 0.5) is 0 Å². The summed E-state index contributed by atoms with van der Waals surface area (Å²) in [6.45, 7) is 7.31. The predicted molar refractivity (Wildman–Crippen MR) is 311 cm³/mol. The highest BCUT2D eigenvalue weighted by Gasteiger charge is 2.21. The van der Waals surface area contributed by atoms with Crippen molar-refractivity contribution in [1.82, 2.24) is 9.97 Å². The molecule has 83 heavy (non-hydrogen) atoms. The highest BCUT2D eigenvalue weighted by atomic mass is 16.7. The van der Waals surface area contributed by atoms with Gasteiger partial charge in [-0.1, -0.05) is 39.5 Å². The highest BCUT2D eigenvalue weighted by molar-refractivity contribution is 6.10. The summed E-state index contributed by atoms with van der Waals surface area (Å²) >= 11 is 0. The largest absolute Gasteiger partial charge is 0.504 e. The normalized spacial score (nSPS) is 12.3. The Morgan fingerprint density at radius 3 is 1.42 bits per heavy atom. The van der Waals surface area contributed by atoms with E-state index in [0.717, 1.165) is 39.4 Å². The Morgan fingerprint density at radius 1 is 0.566 bits per heavy atom. The van der Waals surface area contributed by atoms with E-state index in [1.165, 1.54) is 43.2 Å². The molecule has 0 fully saturated rings. The van der Waals surface area contributed by atoms with Crippen molar-refractivity contribution >= 4 is 19.7 Å². The third-order valence-electron chi connectivity index (χ3n) is 12.3. The number of nitrogens with zero attached hydrogens (tertiary/aromatic N) is 5. The van der Waals surface area contributed by atoms with Crippen LogP contribution in [0.25, 0.3) is 50.8 Å². The second-order valence-electron chi connectivity index (χ2n) is 17.7. The number of hydrogen-bond acceptors (Lipinski definition) is 19. The van der Waals surface area contributed by atoms with Gasteiger partial charge in [-0.15, -0.1) is 0 Å². The number of aryl methyl sites for hydroxylation is 2. The highest BCUT2D eigenvalue weighted by Crippen LogP contribution is 2.42. The number of hydrogen-bond donors (Lipinski definition) is 5. The number of pyridine rings is 2. The molecule has 2 aromatic heterocycles. The topological polar surface area (TPSA) is 295 Å². The van der Waals surface area contributed by atoms with E-state index in [9.17, 15) is 35.7 Å². The van der Waals surface area contributed by atoms with Crippen LogP contribution in [0.2, 0.25) is 0 Å². The molecular formula is C63H54BN6O13-. The summed E-state index contributed by atoms with van der Waals surface area (Å²) < 4.78 is 48.8. The number of phenols is 4. The first kappa shape index (κ1) is 57.9. The summed E-state index contributed by atoms with van der Waals surface area (Å²) in [5, 5.41) is 65.3. The minimum atomic E-state index is -0.292. The zero-order valence-electron chi connectivity index (χ0n) is 45.5. The molecule has 0 aliphatic carbocycles. The molecule has 0 saturated carbocycles. The van der Waals surface area contributed by atoms with Gasteiger partial charge in [0.25, 0.3) is 0 Å². The van der Waals surface area contributed by atoms with Gasteiger partial charge in [-0.2, -0.15) is 15.8 Å². The molecule has 0 bridgehead atoms. The standard InChI is InChI=1S/C21H14N2O4.C19H14N2O4.C17H12O5.C4H6N2.CH4B.CH4/c1-12-16(9-22)15(13-2-4-18-20(6-13)26-10-24-18)8-17(23-12)14-3-5-19-21(7-14)27-11-25-19;1-10-14(9-20)13(11-2-4-16(22)18(24)6-11)8-15(21-10)12-3-5-17(23)19(25)7-12;18-13(12-3-6-15-17(8-12)22-10-20-15)4-1-11-2-5-14-16(7-11)21-9-19-14;1-4(6)2-3-5;1-2;/h2-8H,10-11H2,1H3;2-8,22-25H,1H3;1-8H,9-10H2;2H,6H2,1H3;1-2H2;1H4/q;;;;-1;/b;;4-1+;4-2+;;/i;;;;1D,2-3;. The van der Waals surface area contributed by atoms with Gasteiger partial charge in [-0.25, -0.2) is 1.37 Å². The Kier molecular flexibility index (Phi) is 18.9. The van der Waals surface area contributed by atoms with Gasteiger partial charge < -0.3 is 70.9 Å². The van der Waals surface area contributed by atoms with Crippen LogP contribution in [0.15, 0.2) is 139 Å². The number of nitriles is 3. The molecule has 6 heterocycles. The molecule has 4 aliphatic rings. The summed E-state index contributed by atoms with van der Waals surface area (Å²) in [4.78, 5) is 21.2. The van der Waals surface area contributed by atoms with Crippen LogP contribution in [0.1, 0.15) is 54.2 Å². The molecule has 20 heteroatoms. The molecule has 0 amide bonds. The van der Waals surface area contributed by atoms with Crippen LogP contribution in [0.5, 0.6) is 69.0 Å². The Morgan fingerprint density at radius 2 is 0.952 bits per heavy atom. The average molecular weight is 1110 g/mol. The lowest BCUT2D eigenvalue weighted by Crippen LogP contribution is -1.96. The third-order valence-corrected chi connectivity index (χ3v) is 12.3. The number of aromatic nitrogens is 2. The van der Waals surface area contributed by atoms with Gasteiger partial charge in [0.2, 0.25) is 27.2 Å². The van der Waals surface area contributed by atoms with Crippen molar-refractivity contribution in [1.29, 1.82) is 15.8 Å². The van der Waals surface area contributed by atoms with Gasteiger partial charge in [-0.3, -0.25) is 14.8 Å². The van der Waals surface area contributed by atoms with Crippen molar-refractivity contribution in [2.75, 3.05) is 27.2 Å². The van der Waals surface area contributed by atoms with Crippen molar-refractivity contribution in [3.8, 4) is 132 Å². The molecule has 0 unspecified atom stereocenters. The van der Waals surface area contributed by atoms with Crippen molar-refractivity contribution in [3.05, 3.63) is 180 Å². The fourth-order valence-corrected chi connectivity index (χ4v) is 8.31. The first-order valence-corrected chi connectivity index (χ1v) is 24.8. The summed E-state index contributed by atoms with van der Waals surface area (Å²) in [6, 6.07) is 40.4. The minimum Gasteiger partial charge on any atom is -0.504 e. The molecule has 418 valence electrons. The number of fused-ring (bicyclic) bond motifs is 4. The predicted octanol–water partition coefficient (Wildman–Crippen LogP) is 10.9. The molecule has 0 radical (unpaired) electrons. The third kappa shape index (κ3) is 13.9. The first-order chi connectivity index (χ1) is 40.1. The zero-order chi connectivity index (χ0) is 59.2. The smallest absolute Gasteiger partial charge is 0.231 e. The Labute approximate surface area is 480 Å². The summed E-state index contributed by atoms with van der Waals surface area (Å²) in [6.07, 6.45) is 4.56. The fraction of sp³-hybridized carbons (Fsp3) is 0.127. The van der Waals surface area contributed by atoms with Gasteiger partial charge >= 0.3 is 0 Å². The molecule has 0 atom stereocenters. The van der Waals surface area contributed by atoms with E-state index >= 15 is 0 Å². The van der Waals surface area contributed by atoms with E-state index in [-0.39, 0.29) is 63.4 Å². The van der Waals surface area contributed by atoms with Gasteiger partial charge in [0, 0.05) is 39.6 Å². The number of ketones is 1. The van der Waals surface area contributed by atoms with Crippen LogP contribution in [0.3, 0.4) is 0 Å². The summed E-state index contributed by atoms with van der Waals surface area (Å²) in [7, 11) is 1.67. The van der Waals surface area contributed by atoms with E-state index in [1.54, 1.807) is 70.2 Å². The van der Waals surface area contributed by atoms with Crippen LogP contribution >= 0.6 is 0 Å². The summed E-state index contributed by atoms with van der Waals surface area (Å²) in [5.74, 6) is 4.32. The maximum absolute atomic E-state index is 12.2. The van der Waals surface area contributed by atoms with Gasteiger partial charge in [0.05, 0.1) is 40.0 Å². The van der Waals surface area contributed by atoms with Crippen LogP contribution in [0, 0.1) is 54.6 Å². The van der Waals surface area contributed by atoms with E-state index in [1.807, 2.05) is 67.6 Å². The number of aromatic hydroxyl groups is 4. The lowest BCUT2D eigenvalue weighted by molar-refractivity contribution is 0.104. The van der Waals surface area contributed by atoms with E-state index in [2.05, 4.69) is 22.1 Å². The first-order valence-electron chi connectivity index (χ1n) is 25.4. The molecule has 0 saturated heterocycles. The second-order valence-corrected chi connectivity index (χ2v) is 17.7. The number of ether oxygens (including phenoxy) is 8. The Balaban J connectivity index is 0.000000168. The number of allylic oxidation sites excluding steroid dienone is 3. The maximum Gasteiger partial charge on any atom is 0.231 e. The SMILES string of the molecule is C.C/C(N)=C\C#N.Cc1nc(-c2ccc(O)c(O)c2)cc(-c2ccc(O)c(O)c2)c1C#N.Cc1nc(-c2ccc3c(c2)OCO3)cc(-c2ccc3c(c2)OCO3)c1C#N.O=C(/C=C/c1ccc2c(c1)OCO2)c1ccc2c(c1)OCO2.[2H][CH-][8BH2]. The lowest BCUT2D eigenvalue weighted by atomic mass is 7.79. The number of phenolic OH excluding ortho intramolecular Hbond substituents is 4. The van der Waals surface area contributed by atoms with Crippen LogP contribution < -0.4 is 43.6 Å². The molecule has 12 rings (SSSR count). The number of carbonyl (C=O) groups is 1. The van der Waals surface area contributed by atoms with Crippen molar-refractivity contribution < 1.29 is 64.5 Å².